The Morgan fingerprint density at radius 2 is 1.72 bits per heavy atom. The molecule has 0 unspecified atom stereocenters. The number of hydrogen-bond acceptors (Lipinski definition) is 3. The quantitative estimate of drug-likeness (QED) is 0.892. The summed E-state index contributed by atoms with van der Waals surface area (Å²) in [6.45, 7) is 3.86. The maximum atomic E-state index is 9.52. The Morgan fingerprint density at radius 3 is 2.33 bits per heavy atom. The molecule has 0 aliphatic carbocycles. The van der Waals surface area contributed by atoms with Gasteiger partial charge in [0.25, 0.3) is 0 Å². The molecule has 0 aliphatic heterocycles. The molecular weight excluding hydrogens is 228 g/mol. The molecule has 0 saturated carbocycles. The summed E-state index contributed by atoms with van der Waals surface area (Å²) in [5, 5.41) is 9.52. The van der Waals surface area contributed by atoms with E-state index in [1.807, 2.05) is 38.1 Å². The maximum Gasteiger partial charge on any atom is 0.131 e. The smallest absolute Gasteiger partial charge is 0.131 e. The highest BCUT2D eigenvalue weighted by atomic mass is 16.5. The number of phenolic OH excluding ortho intramolecular Hbond substituents is 1. The van der Waals surface area contributed by atoms with E-state index in [1.54, 1.807) is 19.2 Å². The van der Waals surface area contributed by atoms with Crippen molar-refractivity contribution < 1.29 is 14.6 Å². The number of aromatic hydroxyl groups is 1. The van der Waals surface area contributed by atoms with Crippen LogP contribution in [0.2, 0.25) is 0 Å². The molecule has 1 N–H and O–H groups in total. The number of aryl methyl sites for hydroxylation is 2. The van der Waals surface area contributed by atoms with E-state index in [4.69, 9.17) is 9.47 Å². The van der Waals surface area contributed by atoms with E-state index in [2.05, 4.69) is 0 Å². The lowest BCUT2D eigenvalue weighted by Crippen LogP contribution is -1.90. The van der Waals surface area contributed by atoms with Gasteiger partial charge in [0.2, 0.25) is 0 Å². The van der Waals surface area contributed by atoms with Gasteiger partial charge in [-0.1, -0.05) is 0 Å². The van der Waals surface area contributed by atoms with E-state index in [-0.39, 0.29) is 5.75 Å². The molecule has 2 aromatic carbocycles. The minimum Gasteiger partial charge on any atom is -0.508 e. The maximum absolute atomic E-state index is 9.52. The Hall–Kier alpha value is -2.16. The van der Waals surface area contributed by atoms with Crippen molar-refractivity contribution in [3.63, 3.8) is 0 Å². The zero-order valence-corrected chi connectivity index (χ0v) is 10.7. The zero-order valence-electron chi connectivity index (χ0n) is 10.7. The van der Waals surface area contributed by atoms with E-state index in [1.165, 1.54) is 0 Å². The van der Waals surface area contributed by atoms with E-state index < -0.39 is 0 Å². The summed E-state index contributed by atoms with van der Waals surface area (Å²) in [6, 6.07) is 10.8. The van der Waals surface area contributed by atoms with Gasteiger partial charge >= 0.3 is 0 Å². The highest BCUT2D eigenvalue weighted by Crippen LogP contribution is 2.30. The highest BCUT2D eigenvalue weighted by Gasteiger charge is 2.04. The van der Waals surface area contributed by atoms with Crippen molar-refractivity contribution in [3.8, 4) is 23.0 Å². The number of methoxy groups -OCH3 is 1. The van der Waals surface area contributed by atoms with Gasteiger partial charge in [-0.3, -0.25) is 0 Å². The summed E-state index contributed by atoms with van der Waals surface area (Å²) in [5.41, 5.74) is 1.94. The van der Waals surface area contributed by atoms with Gasteiger partial charge in [-0.05, 0) is 55.3 Å². The number of ether oxygens (including phenoxy) is 2. The summed E-state index contributed by atoms with van der Waals surface area (Å²) >= 11 is 0. The molecule has 0 spiro atoms. The summed E-state index contributed by atoms with van der Waals surface area (Å²) in [5.74, 6) is 2.38. The Bertz CT molecular complexity index is 541. The molecule has 0 fully saturated rings. The molecule has 94 valence electrons. The van der Waals surface area contributed by atoms with Crippen LogP contribution in [0.25, 0.3) is 0 Å². The van der Waals surface area contributed by atoms with Crippen LogP contribution in [0.5, 0.6) is 23.0 Å². The fourth-order valence-corrected chi connectivity index (χ4v) is 1.78. The average molecular weight is 244 g/mol. The average Bonchev–Trinajstić information content (AvgIpc) is 2.30. The minimum absolute atomic E-state index is 0.205. The Balaban J connectivity index is 2.28. The lowest BCUT2D eigenvalue weighted by Gasteiger charge is -2.11. The molecule has 0 aliphatic rings. The van der Waals surface area contributed by atoms with Crippen LogP contribution in [-0.2, 0) is 0 Å². The van der Waals surface area contributed by atoms with Crippen molar-refractivity contribution in [2.24, 2.45) is 0 Å². The lowest BCUT2D eigenvalue weighted by molar-refractivity contribution is 0.411. The van der Waals surface area contributed by atoms with Gasteiger partial charge in [-0.25, -0.2) is 0 Å². The van der Waals surface area contributed by atoms with Crippen LogP contribution in [0.3, 0.4) is 0 Å². The third-order valence-corrected chi connectivity index (χ3v) is 2.65. The molecule has 0 radical (unpaired) electrons. The van der Waals surface area contributed by atoms with Crippen LogP contribution in [0.1, 0.15) is 11.1 Å². The fourth-order valence-electron chi connectivity index (χ4n) is 1.78. The van der Waals surface area contributed by atoms with E-state index in [9.17, 15) is 5.11 Å². The van der Waals surface area contributed by atoms with Crippen molar-refractivity contribution in [2.45, 2.75) is 13.8 Å². The Kier molecular flexibility index (Phi) is 3.42. The van der Waals surface area contributed by atoms with Crippen molar-refractivity contribution >= 4 is 0 Å². The first kappa shape index (κ1) is 12.3. The molecule has 2 rings (SSSR count). The fraction of sp³-hybridized carbons (Fsp3) is 0.200. The van der Waals surface area contributed by atoms with Crippen molar-refractivity contribution in [3.05, 3.63) is 47.5 Å². The van der Waals surface area contributed by atoms with E-state index >= 15 is 0 Å². The first-order valence-corrected chi connectivity index (χ1v) is 5.71. The van der Waals surface area contributed by atoms with Crippen LogP contribution < -0.4 is 9.47 Å². The first-order valence-electron chi connectivity index (χ1n) is 5.71. The summed E-state index contributed by atoms with van der Waals surface area (Å²) in [7, 11) is 1.63. The molecule has 0 saturated heterocycles. The van der Waals surface area contributed by atoms with Crippen LogP contribution >= 0.6 is 0 Å². The van der Waals surface area contributed by atoms with Crippen molar-refractivity contribution in [1.29, 1.82) is 0 Å². The van der Waals surface area contributed by atoms with Gasteiger partial charge in [-0.2, -0.15) is 0 Å². The second-order valence-corrected chi connectivity index (χ2v) is 4.24. The summed E-state index contributed by atoms with van der Waals surface area (Å²) in [6.07, 6.45) is 0. The first-order chi connectivity index (χ1) is 8.58. The van der Waals surface area contributed by atoms with Crippen LogP contribution in [0, 0.1) is 13.8 Å². The van der Waals surface area contributed by atoms with Gasteiger partial charge in [0.15, 0.2) is 0 Å². The van der Waals surface area contributed by atoms with Gasteiger partial charge in [0.1, 0.15) is 23.0 Å². The van der Waals surface area contributed by atoms with Crippen LogP contribution in [0.4, 0.5) is 0 Å². The second kappa shape index (κ2) is 5.00. The largest absolute Gasteiger partial charge is 0.508 e. The van der Waals surface area contributed by atoms with E-state index in [0.29, 0.717) is 5.75 Å². The summed E-state index contributed by atoms with van der Waals surface area (Å²) in [4.78, 5) is 0. The van der Waals surface area contributed by atoms with Gasteiger partial charge < -0.3 is 14.6 Å². The van der Waals surface area contributed by atoms with Crippen molar-refractivity contribution in [1.82, 2.24) is 0 Å². The predicted molar refractivity (Wildman–Crippen MR) is 70.6 cm³/mol. The van der Waals surface area contributed by atoms with Crippen LogP contribution in [0.15, 0.2) is 36.4 Å². The summed E-state index contributed by atoms with van der Waals surface area (Å²) < 4.78 is 10.9. The molecule has 0 heterocycles. The second-order valence-electron chi connectivity index (χ2n) is 4.24. The van der Waals surface area contributed by atoms with E-state index in [0.717, 1.165) is 22.6 Å². The Labute approximate surface area is 107 Å². The minimum atomic E-state index is 0.205. The molecule has 0 atom stereocenters. The standard InChI is InChI=1S/C15H16O3/c1-10-6-12(16)9-14(7-10)18-15-5-4-13(17-3)8-11(15)2/h4-9,16H,1-3H3. The topological polar surface area (TPSA) is 38.7 Å². The monoisotopic (exact) mass is 244 g/mol. The third-order valence-electron chi connectivity index (χ3n) is 2.65. The lowest BCUT2D eigenvalue weighted by atomic mass is 10.2. The molecular formula is C15H16O3. The van der Waals surface area contributed by atoms with Gasteiger partial charge in [0.05, 0.1) is 7.11 Å². The number of phenols is 1. The normalized spacial score (nSPS) is 10.2. The molecule has 2 aromatic rings. The van der Waals surface area contributed by atoms with Gasteiger partial charge in [0, 0.05) is 6.07 Å². The number of rotatable bonds is 3. The van der Waals surface area contributed by atoms with Gasteiger partial charge in [-0.15, -0.1) is 0 Å². The predicted octanol–water partition coefficient (Wildman–Crippen LogP) is 3.81. The Morgan fingerprint density at radius 1 is 0.944 bits per heavy atom. The van der Waals surface area contributed by atoms with Crippen LogP contribution in [-0.4, -0.2) is 12.2 Å². The zero-order chi connectivity index (χ0) is 13.1. The molecule has 0 aromatic heterocycles. The molecule has 3 nitrogen and oxygen atoms in total. The highest BCUT2D eigenvalue weighted by molar-refractivity contribution is 5.44. The molecule has 0 amide bonds. The molecule has 3 heteroatoms. The SMILES string of the molecule is COc1ccc(Oc2cc(C)cc(O)c2)c(C)c1. The number of hydrogen-bond donors (Lipinski definition) is 1. The molecule has 18 heavy (non-hydrogen) atoms. The number of benzene rings is 2. The molecule has 0 bridgehead atoms. The van der Waals surface area contributed by atoms with Crippen molar-refractivity contribution in [2.75, 3.05) is 7.11 Å². The third kappa shape index (κ3) is 2.74.